The van der Waals surface area contributed by atoms with E-state index in [0.717, 1.165) is 21.4 Å². The molecule has 0 aliphatic carbocycles. The highest BCUT2D eigenvalue weighted by atomic mass is 127. The second kappa shape index (κ2) is 7.07. The molecular formula is C14H14ClIN2O. The molecule has 0 spiro atoms. The van der Waals surface area contributed by atoms with E-state index in [2.05, 4.69) is 39.8 Å². The van der Waals surface area contributed by atoms with E-state index in [0.29, 0.717) is 17.4 Å². The van der Waals surface area contributed by atoms with Gasteiger partial charge < -0.3 is 10.1 Å². The average molecular weight is 389 g/mol. The van der Waals surface area contributed by atoms with Crippen molar-refractivity contribution in [3.05, 3.63) is 50.7 Å². The van der Waals surface area contributed by atoms with E-state index in [9.17, 15) is 0 Å². The molecule has 0 aliphatic heterocycles. The zero-order chi connectivity index (χ0) is 13.7. The van der Waals surface area contributed by atoms with Crippen molar-refractivity contribution in [2.75, 3.05) is 6.54 Å². The van der Waals surface area contributed by atoms with Crippen LogP contribution in [0.5, 0.6) is 11.6 Å². The Kier molecular flexibility index (Phi) is 5.42. The molecule has 0 unspecified atom stereocenters. The van der Waals surface area contributed by atoms with Crippen LogP contribution in [0.15, 0.2) is 36.5 Å². The smallest absolute Gasteiger partial charge is 0.219 e. The number of rotatable bonds is 5. The molecule has 0 amide bonds. The summed E-state index contributed by atoms with van der Waals surface area (Å²) in [6, 6.07) is 9.69. The first-order valence-electron chi connectivity index (χ1n) is 5.97. The molecule has 1 heterocycles. The van der Waals surface area contributed by atoms with Crippen LogP contribution in [-0.2, 0) is 6.54 Å². The molecule has 0 aliphatic rings. The molecule has 0 saturated heterocycles. The predicted molar refractivity (Wildman–Crippen MR) is 85.9 cm³/mol. The summed E-state index contributed by atoms with van der Waals surface area (Å²) in [6.07, 6.45) is 1.62. The molecule has 1 aromatic carbocycles. The fourth-order valence-electron chi connectivity index (χ4n) is 1.56. The van der Waals surface area contributed by atoms with Gasteiger partial charge in [0.25, 0.3) is 0 Å². The Balaban J connectivity index is 2.16. The van der Waals surface area contributed by atoms with Crippen molar-refractivity contribution in [2.24, 2.45) is 0 Å². The first-order valence-corrected chi connectivity index (χ1v) is 7.43. The van der Waals surface area contributed by atoms with Crippen LogP contribution in [0.25, 0.3) is 0 Å². The van der Waals surface area contributed by atoms with Gasteiger partial charge in [0.05, 0.1) is 5.02 Å². The van der Waals surface area contributed by atoms with Gasteiger partial charge in [-0.2, -0.15) is 0 Å². The van der Waals surface area contributed by atoms with Crippen LogP contribution in [0.2, 0.25) is 5.02 Å². The van der Waals surface area contributed by atoms with E-state index < -0.39 is 0 Å². The van der Waals surface area contributed by atoms with Gasteiger partial charge >= 0.3 is 0 Å². The average Bonchev–Trinajstić information content (AvgIpc) is 2.39. The molecule has 0 bridgehead atoms. The lowest BCUT2D eigenvalue weighted by Gasteiger charge is -2.09. The Morgan fingerprint density at radius 1 is 1.37 bits per heavy atom. The molecule has 2 aromatic rings. The molecule has 0 radical (unpaired) electrons. The minimum absolute atomic E-state index is 0.555. The number of hydrogen-bond acceptors (Lipinski definition) is 3. The lowest BCUT2D eigenvalue weighted by molar-refractivity contribution is 0.461. The maximum absolute atomic E-state index is 6.10. The maximum Gasteiger partial charge on any atom is 0.219 e. The second-order valence-electron chi connectivity index (χ2n) is 3.95. The van der Waals surface area contributed by atoms with E-state index in [1.807, 2.05) is 30.3 Å². The monoisotopic (exact) mass is 388 g/mol. The van der Waals surface area contributed by atoms with Crippen LogP contribution in [0.3, 0.4) is 0 Å². The van der Waals surface area contributed by atoms with E-state index in [1.54, 1.807) is 6.20 Å². The number of benzene rings is 1. The topological polar surface area (TPSA) is 34.1 Å². The highest BCUT2D eigenvalue weighted by Gasteiger charge is 2.05. The van der Waals surface area contributed by atoms with E-state index in [-0.39, 0.29) is 0 Å². The summed E-state index contributed by atoms with van der Waals surface area (Å²) in [7, 11) is 0. The first kappa shape index (κ1) is 14.6. The van der Waals surface area contributed by atoms with Gasteiger partial charge in [-0.1, -0.05) is 24.6 Å². The number of ether oxygens (including phenoxy) is 1. The molecule has 1 aromatic heterocycles. The fourth-order valence-corrected chi connectivity index (χ4v) is 2.25. The van der Waals surface area contributed by atoms with Crippen molar-refractivity contribution in [3.63, 3.8) is 0 Å². The van der Waals surface area contributed by atoms with Crippen molar-refractivity contribution < 1.29 is 4.74 Å². The van der Waals surface area contributed by atoms with Gasteiger partial charge in [-0.15, -0.1) is 0 Å². The van der Waals surface area contributed by atoms with Crippen molar-refractivity contribution in [2.45, 2.75) is 13.5 Å². The molecular weight excluding hydrogens is 375 g/mol. The summed E-state index contributed by atoms with van der Waals surface area (Å²) < 4.78 is 6.85. The molecule has 3 nitrogen and oxygen atoms in total. The second-order valence-corrected chi connectivity index (χ2v) is 5.61. The summed E-state index contributed by atoms with van der Waals surface area (Å²) in [5.74, 6) is 1.33. The molecule has 0 saturated carbocycles. The summed E-state index contributed by atoms with van der Waals surface area (Å²) in [5, 5.41) is 3.89. The summed E-state index contributed by atoms with van der Waals surface area (Å²) >= 11 is 8.35. The lowest BCUT2D eigenvalue weighted by Crippen LogP contribution is -2.12. The van der Waals surface area contributed by atoms with E-state index >= 15 is 0 Å². The molecule has 100 valence electrons. The van der Waals surface area contributed by atoms with Crippen LogP contribution in [0.1, 0.15) is 12.5 Å². The van der Waals surface area contributed by atoms with Gasteiger partial charge in [-0.25, -0.2) is 4.98 Å². The van der Waals surface area contributed by atoms with Crippen LogP contribution >= 0.6 is 34.2 Å². The van der Waals surface area contributed by atoms with Gasteiger partial charge in [0.1, 0.15) is 5.75 Å². The molecule has 19 heavy (non-hydrogen) atoms. The van der Waals surface area contributed by atoms with Gasteiger partial charge in [-0.05, 0) is 52.9 Å². The third-order valence-electron chi connectivity index (χ3n) is 2.49. The molecule has 5 heteroatoms. The molecule has 2 rings (SSSR count). The normalized spacial score (nSPS) is 10.5. The number of nitrogens with zero attached hydrogens (tertiary/aromatic N) is 1. The number of hydrogen-bond donors (Lipinski definition) is 1. The molecule has 0 atom stereocenters. The van der Waals surface area contributed by atoms with Crippen molar-refractivity contribution in [1.29, 1.82) is 0 Å². The minimum atomic E-state index is 0.555. The Morgan fingerprint density at radius 2 is 2.21 bits per heavy atom. The standard InChI is InChI=1S/C14H14ClIN2O/c1-2-17-8-10-6-14(18-9-13(10)15)19-12-5-3-4-11(16)7-12/h3-7,9,17H,2,8H2,1H3. The van der Waals surface area contributed by atoms with Crippen molar-refractivity contribution in [3.8, 4) is 11.6 Å². The van der Waals surface area contributed by atoms with E-state index in [4.69, 9.17) is 16.3 Å². The first-order chi connectivity index (χ1) is 9.19. The van der Waals surface area contributed by atoms with Gasteiger partial charge in [-0.3, -0.25) is 0 Å². The maximum atomic E-state index is 6.10. The zero-order valence-corrected chi connectivity index (χ0v) is 13.4. The van der Waals surface area contributed by atoms with Crippen LogP contribution < -0.4 is 10.1 Å². The highest BCUT2D eigenvalue weighted by Crippen LogP contribution is 2.24. The van der Waals surface area contributed by atoms with Crippen LogP contribution in [-0.4, -0.2) is 11.5 Å². The Labute approximate surface area is 131 Å². The summed E-state index contributed by atoms with van der Waals surface area (Å²) in [5.41, 5.74) is 0.985. The quantitative estimate of drug-likeness (QED) is 0.778. The number of pyridine rings is 1. The van der Waals surface area contributed by atoms with Gasteiger partial charge in [0.2, 0.25) is 5.88 Å². The SMILES string of the molecule is CCNCc1cc(Oc2cccc(I)c2)ncc1Cl. The Hall–Kier alpha value is -0.850. The van der Waals surface area contributed by atoms with Crippen LogP contribution in [0.4, 0.5) is 0 Å². The Bertz CT molecular complexity index is 563. The third kappa shape index (κ3) is 4.33. The third-order valence-corrected chi connectivity index (χ3v) is 3.50. The van der Waals surface area contributed by atoms with Gasteiger partial charge in [0.15, 0.2) is 0 Å². The number of aromatic nitrogens is 1. The largest absolute Gasteiger partial charge is 0.439 e. The summed E-state index contributed by atoms with van der Waals surface area (Å²) in [6.45, 7) is 3.66. The predicted octanol–water partition coefficient (Wildman–Crippen LogP) is 4.24. The molecule has 1 N–H and O–H groups in total. The number of halogens is 2. The molecule has 0 fully saturated rings. The number of nitrogens with one attached hydrogen (secondary N) is 1. The van der Waals surface area contributed by atoms with Crippen LogP contribution in [0, 0.1) is 3.57 Å². The zero-order valence-electron chi connectivity index (χ0n) is 10.5. The van der Waals surface area contributed by atoms with Crippen molar-refractivity contribution in [1.82, 2.24) is 10.3 Å². The fraction of sp³-hybridized carbons (Fsp3) is 0.214. The lowest BCUT2D eigenvalue weighted by atomic mass is 10.2. The van der Waals surface area contributed by atoms with E-state index in [1.165, 1.54) is 0 Å². The van der Waals surface area contributed by atoms with Crippen molar-refractivity contribution >= 4 is 34.2 Å². The van der Waals surface area contributed by atoms with Gasteiger partial charge in [0, 0.05) is 22.4 Å². The highest BCUT2D eigenvalue weighted by molar-refractivity contribution is 14.1. The Morgan fingerprint density at radius 3 is 2.95 bits per heavy atom. The summed E-state index contributed by atoms with van der Waals surface area (Å²) in [4.78, 5) is 4.19. The minimum Gasteiger partial charge on any atom is -0.439 e.